The van der Waals surface area contributed by atoms with Gasteiger partial charge in [0, 0.05) is 31.7 Å². The van der Waals surface area contributed by atoms with Crippen LogP contribution in [-0.2, 0) is 0 Å². The number of carbonyl (C=O) groups excluding carboxylic acids is 1. The first-order chi connectivity index (χ1) is 12.1. The molecule has 1 amide bonds. The first-order valence-corrected chi connectivity index (χ1v) is 7.72. The largest absolute Gasteiger partial charge is 0.478 e. The normalized spacial score (nSPS) is 10.5. The molecule has 0 atom stereocenters. The number of hydrogen-bond donors (Lipinski definition) is 2. The summed E-state index contributed by atoms with van der Waals surface area (Å²) in [5, 5.41) is 5.40. The lowest BCUT2D eigenvalue weighted by Gasteiger charge is -2.03. The summed E-state index contributed by atoms with van der Waals surface area (Å²) in [7, 11) is 1.54. The summed E-state index contributed by atoms with van der Waals surface area (Å²) in [4.78, 5) is 32.5. The van der Waals surface area contributed by atoms with Gasteiger partial charge in [-0.15, -0.1) is 0 Å². The maximum Gasteiger partial charge on any atom is 0.280 e. The van der Waals surface area contributed by atoms with E-state index in [2.05, 4.69) is 20.4 Å². The van der Waals surface area contributed by atoms with Gasteiger partial charge in [-0.3, -0.25) is 14.7 Å². The molecule has 0 fully saturated rings. The monoisotopic (exact) mass is 339 g/mol. The van der Waals surface area contributed by atoms with Crippen molar-refractivity contribution in [3.63, 3.8) is 0 Å². The lowest BCUT2D eigenvalue weighted by molar-refractivity contribution is 0.0962. The number of aromatic amines is 1. The molecule has 2 N–H and O–H groups in total. The van der Waals surface area contributed by atoms with Crippen molar-refractivity contribution < 1.29 is 9.53 Å². The standard InChI is InChI=1S/C17H17N5O3/c1-3-25-15-8-11(6-7-19-15)13-10-21-22(17(13)24)14-5-4-12(9-20-14)16(23)18-2/h4-10,21H,3H2,1-2H3,(H,18,23). The Morgan fingerprint density at radius 1 is 1.32 bits per heavy atom. The highest BCUT2D eigenvalue weighted by molar-refractivity contribution is 5.93. The van der Waals surface area contributed by atoms with Gasteiger partial charge in [0.1, 0.15) is 0 Å². The molecule has 25 heavy (non-hydrogen) atoms. The van der Waals surface area contributed by atoms with Crippen LogP contribution in [0.2, 0.25) is 0 Å². The maximum atomic E-state index is 12.7. The Kier molecular flexibility index (Phi) is 4.60. The van der Waals surface area contributed by atoms with E-state index in [1.807, 2.05) is 6.92 Å². The van der Waals surface area contributed by atoms with Crippen molar-refractivity contribution in [2.75, 3.05) is 13.7 Å². The van der Waals surface area contributed by atoms with Crippen molar-refractivity contribution in [1.82, 2.24) is 25.1 Å². The molecule has 3 heterocycles. The van der Waals surface area contributed by atoms with Crippen molar-refractivity contribution in [2.45, 2.75) is 6.92 Å². The van der Waals surface area contributed by atoms with Crippen LogP contribution in [0.15, 0.2) is 47.7 Å². The molecule has 3 aromatic rings. The zero-order chi connectivity index (χ0) is 17.8. The van der Waals surface area contributed by atoms with E-state index >= 15 is 0 Å². The Hall–Kier alpha value is -3.42. The minimum atomic E-state index is -0.256. The Labute approximate surface area is 143 Å². The average Bonchev–Trinajstić information content (AvgIpc) is 3.03. The van der Waals surface area contributed by atoms with Crippen molar-refractivity contribution in [3.8, 4) is 22.8 Å². The molecule has 128 valence electrons. The van der Waals surface area contributed by atoms with E-state index in [0.29, 0.717) is 35.0 Å². The Balaban J connectivity index is 1.95. The van der Waals surface area contributed by atoms with E-state index < -0.39 is 0 Å². The topological polar surface area (TPSA) is 102 Å². The number of ether oxygens (including phenoxy) is 1. The van der Waals surface area contributed by atoms with Gasteiger partial charge in [0.05, 0.1) is 17.7 Å². The Morgan fingerprint density at radius 3 is 2.84 bits per heavy atom. The van der Waals surface area contributed by atoms with Crippen molar-refractivity contribution in [3.05, 3.63) is 58.8 Å². The van der Waals surface area contributed by atoms with Gasteiger partial charge in [0.2, 0.25) is 5.88 Å². The fourth-order valence-electron chi connectivity index (χ4n) is 2.35. The smallest absolute Gasteiger partial charge is 0.280 e. The van der Waals surface area contributed by atoms with Gasteiger partial charge < -0.3 is 10.1 Å². The summed E-state index contributed by atoms with van der Waals surface area (Å²) in [6.07, 6.45) is 4.61. The third-order valence-electron chi connectivity index (χ3n) is 3.58. The first-order valence-electron chi connectivity index (χ1n) is 7.72. The van der Waals surface area contributed by atoms with Crippen LogP contribution in [0.25, 0.3) is 16.9 Å². The first kappa shape index (κ1) is 16.4. The number of carbonyl (C=O) groups is 1. The molecule has 3 aromatic heterocycles. The van der Waals surface area contributed by atoms with Crippen LogP contribution in [0, 0.1) is 0 Å². The molecule has 0 saturated carbocycles. The van der Waals surface area contributed by atoms with Crippen LogP contribution in [0.3, 0.4) is 0 Å². The lowest BCUT2D eigenvalue weighted by Crippen LogP contribution is -2.20. The van der Waals surface area contributed by atoms with E-state index in [9.17, 15) is 9.59 Å². The van der Waals surface area contributed by atoms with E-state index in [-0.39, 0.29) is 11.5 Å². The van der Waals surface area contributed by atoms with E-state index in [1.165, 1.54) is 10.9 Å². The number of aromatic nitrogens is 4. The van der Waals surface area contributed by atoms with Gasteiger partial charge in [-0.25, -0.2) is 14.6 Å². The molecule has 0 radical (unpaired) electrons. The van der Waals surface area contributed by atoms with Crippen LogP contribution in [0.5, 0.6) is 5.88 Å². The molecule has 0 saturated heterocycles. The van der Waals surface area contributed by atoms with Crippen LogP contribution in [0.4, 0.5) is 0 Å². The van der Waals surface area contributed by atoms with Gasteiger partial charge in [-0.05, 0) is 30.7 Å². The highest BCUT2D eigenvalue weighted by Crippen LogP contribution is 2.19. The molecular formula is C17H17N5O3. The molecule has 0 aliphatic carbocycles. The number of amides is 1. The molecular weight excluding hydrogens is 322 g/mol. The number of rotatable bonds is 5. The van der Waals surface area contributed by atoms with Crippen LogP contribution >= 0.6 is 0 Å². The number of pyridine rings is 2. The minimum absolute atomic E-state index is 0.237. The molecule has 0 aliphatic heterocycles. The van der Waals surface area contributed by atoms with Crippen LogP contribution in [-0.4, -0.2) is 39.3 Å². The zero-order valence-electron chi connectivity index (χ0n) is 13.8. The molecule has 0 unspecified atom stereocenters. The molecule has 0 spiro atoms. The fraction of sp³-hybridized carbons (Fsp3) is 0.176. The van der Waals surface area contributed by atoms with Crippen molar-refractivity contribution in [1.29, 1.82) is 0 Å². The predicted molar refractivity (Wildman–Crippen MR) is 92.0 cm³/mol. The quantitative estimate of drug-likeness (QED) is 0.731. The summed E-state index contributed by atoms with van der Waals surface area (Å²) in [5.41, 5.74) is 1.33. The highest BCUT2D eigenvalue weighted by Gasteiger charge is 2.12. The second-order valence-corrected chi connectivity index (χ2v) is 5.13. The minimum Gasteiger partial charge on any atom is -0.478 e. The van der Waals surface area contributed by atoms with Gasteiger partial charge >= 0.3 is 0 Å². The Bertz CT molecular complexity index is 943. The van der Waals surface area contributed by atoms with Gasteiger partial charge in [-0.2, -0.15) is 0 Å². The van der Waals surface area contributed by atoms with Crippen LogP contribution in [0.1, 0.15) is 17.3 Å². The maximum absolute atomic E-state index is 12.7. The zero-order valence-corrected chi connectivity index (χ0v) is 13.8. The number of hydrogen-bond acceptors (Lipinski definition) is 5. The van der Waals surface area contributed by atoms with Gasteiger partial charge in [0.15, 0.2) is 5.82 Å². The molecule has 0 bridgehead atoms. The van der Waals surface area contributed by atoms with E-state index in [4.69, 9.17) is 4.74 Å². The van der Waals surface area contributed by atoms with E-state index in [1.54, 1.807) is 43.7 Å². The third kappa shape index (κ3) is 3.27. The molecule has 8 nitrogen and oxygen atoms in total. The summed E-state index contributed by atoms with van der Waals surface area (Å²) in [6, 6.07) is 6.65. The lowest BCUT2D eigenvalue weighted by atomic mass is 10.1. The molecule has 0 aromatic carbocycles. The average molecular weight is 339 g/mol. The fourth-order valence-corrected chi connectivity index (χ4v) is 2.35. The van der Waals surface area contributed by atoms with E-state index in [0.717, 1.165) is 0 Å². The van der Waals surface area contributed by atoms with Gasteiger partial charge in [-0.1, -0.05) is 0 Å². The SMILES string of the molecule is CCOc1cc(-c2c[nH]n(-c3ccc(C(=O)NC)cn3)c2=O)ccn1. The van der Waals surface area contributed by atoms with Gasteiger partial charge in [0.25, 0.3) is 11.5 Å². The molecule has 3 rings (SSSR count). The van der Waals surface area contributed by atoms with Crippen molar-refractivity contribution in [2.24, 2.45) is 0 Å². The Morgan fingerprint density at radius 2 is 2.16 bits per heavy atom. The second-order valence-electron chi connectivity index (χ2n) is 5.13. The summed E-state index contributed by atoms with van der Waals surface area (Å²) in [5.74, 6) is 0.613. The number of nitrogens with zero attached hydrogens (tertiary/aromatic N) is 3. The van der Waals surface area contributed by atoms with Crippen molar-refractivity contribution >= 4 is 5.91 Å². The number of nitrogens with one attached hydrogen (secondary N) is 2. The summed E-state index contributed by atoms with van der Waals surface area (Å²) in [6.45, 7) is 2.36. The predicted octanol–water partition coefficient (Wildman–Crippen LogP) is 1.38. The highest BCUT2D eigenvalue weighted by atomic mass is 16.5. The summed E-state index contributed by atoms with van der Waals surface area (Å²) >= 11 is 0. The molecule has 8 heteroatoms. The molecule has 0 aliphatic rings. The van der Waals surface area contributed by atoms with Crippen LogP contribution < -0.4 is 15.6 Å². The number of H-pyrrole nitrogens is 1. The summed E-state index contributed by atoms with van der Waals surface area (Å²) < 4.78 is 6.67. The third-order valence-corrected chi connectivity index (χ3v) is 3.58. The second kappa shape index (κ2) is 7.00.